The highest BCUT2D eigenvalue weighted by Gasteiger charge is 2.13. The number of carbonyl (C=O) groups is 6. The van der Waals surface area contributed by atoms with Crippen molar-refractivity contribution in [2.75, 3.05) is 12.5 Å². The highest BCUT2D eigenvalue weighted by Crippen LogP contribution is 2.61. The summed E-state index contributed by atoms with van der Waals surface area (Å²) in [7, 11) is -1.00. The van der Waals surface area contributed by atoms with E-state index in [0.29, 0.717) is 0 Å². The molecule has 0 bridgehead atoms. The Bertz CT molecular complexity index is 2230. The number of carboxylic acid groups (broad SMARTS) is 1. The number of nitrogens with one attached hydrogen (secondary N) is 3. The number of rotatable bonds is 8. The zero-order valence-electron chi connectivity index (χ0n) is 31.6. The number of aromatic amines is 2. The Morgan fingerprint density at radius 2 is 1.11 bits per heavy atom. The lowest BCUT2D eigenvalue weighted by Crippen LogP contribution is -2.33. The first-order chi connectivity index (χ1) is 28.7. The third-order valence-electron chi connectivity index (χ3n) is 4.97. The van der Waals surface area contributed by atoms with E-state index >= 15 is 0 Å². The van der Waals surface area contributed by atoms with Gasteiger partial charge in [-0.05, 0) is 94.0 Å². The molecule has 0 spiro atoms. The third-order valence-corrected chi connectivity index (χ3v) is 6.06. The fourth-order valence-corrected chi connectivity index (χ4v) is 3.60. The van der Waals surface area contributed by atoms with Gasteiger partial charge in [-0.1, -0.05) is 23.2 Å². The predicted octanol–water partition coefficient (Wildman–Crippen LogP) is 3.54. The molecule has 4 rings (SSSR count). The van der Waals surface area contributed by atoms with Crippen LogP contribution in [0.15, 0.2) is 33.9 Å². The van der Waals surface area contributed by atoms with Crippen molar-refractivity contribution in [2.45, 2.75) is 25.9 Å². The predicted molar refractivity (Wildman–Crippen MR) is 230 cm³/mol. The van der Waals surface area contributed by atoms with Crippen LogP contribution in [0.1, 0.15) is 57.2 Å². The van der Waals surface area contributed by atoms with Gasteiger partial charge in [-0.15, -0.1) is 0 Å². The molecule has 0 saturated carbocycles. The van der Waals surface area contributed by atoms with Crippen LogP contribution in [0.2, 0.25) is 26.2 Å². The molecule has 4 heterocycles. The summed E-state index contributed by atoms with van der Waals surface area (Å²) in [4.78, 5) is 109. The van der Waals surface area contributed by atoms with Gasteiger partial charge in [-0.3, -0.25) is 42.7 Å². The number of hydrogen-bond acceptors (Lipinski definition) is 17. The van der Waals surface area contributed by atoms with E-state index in [-0.39, 0.29) is 49.1 Å². The average molecular weight is 1080 g/mol. The van der Waals surface area contributed by atoms with Crippen molar-refractivity contribution < 1.29 is 44.2 Å². The minimum atomic E-state index is -3.22. The van der Waals surface area contributed by atoms with Crippen LogP contribution in [0.25, 0.3) is 0 Å². The smallest absolute Gasteiger partial charge is 0.352 e. The first-order valence-corrected chi connectivity index (χ1v) is 21.4. The standard InChI is InChI=1S/C8H10ClN5O2.C5HCl3N2O.C5H3Cl2N3O.C5H4N2O4.C3H8N2O.CH3F.Cl3OP/c1-3(6(10)15)12-5-2-4(7(11)16)13-8(9)14-5;6-3-1-2(4(7)11)9-5(8)10-3;6-3-1-2(4(8)11)9-5(7)10-3;8-3-1-2(4(9)10)6-5(11)7-3;1-2(4)3(5)6;1-2;1-5(2,3)4/h2-3H,1H3,(H2,10,15)(H2,11,16)(H,12,13,14);1H;1H,(H2,8,11);1H,(H,9,10)(H2,6,7,8,11);2H,4H2,1H3,(H2,5,6);1H3;/t3-;;;;;;/m0....../s1/i;;;;;1D;. The number of carboxylic acids is 1. The summed E-state index contributed by atoms with van der Waals surface area (Å²) in [6, 6.07) is 3.41. The SMILES string of the molecule is CC(N)C(N)=O.C[C@H](Nc1cc(C(N)=O)nc(Cl)n1)C(N)=O.NC(=O)c1cc(Cl)nc(Cl)n1.O=C(Cl)c1cc(Cl)nc(Cl)n1.O=C(O)c1cc(=O)[nH]c(=O)[nH]1.O=P(Cl)(Cl)Cl.[2H]CF. The van der Waals surface area contributed by atoms with E-state index < -0.39 is 76.2 Å². The minimum absolute atomic E-state index is 0.00309. The van der Waals surface area contributed by atoms with Gasteiger partial charge in [0.05, 0.1) is 14.6 Å². The molecule has 4 amide bonds. The largest absolute Gasteiger partial charge is 0.477 e. The lowest BCUT2D eigenvalue weighted by Gasteiger charge is -2.10. The van der Waals surface area contributed by atoms with Crippen molar-refractivity contribution >= 4 is 149 Å². The van der Waals surface area contributed by atoms with E-state index in [1.165, 1.54) is 18.2 Å². The van der Waals surface area contributed by atoms with E-state index in [1.807, 2.05) is 9.97 Å². The maximum atomic E-state index is 10.9. The van der Waals surface area contributed by atoms with E-state index in [2.05, 4.69) is 74.7 Å². The molecule has 0 aliphatic rings. The number of primary amides is 4. The van der Waals surface area contributed by atoms with Gasteiger partial charge in [0.2, 0.25) is 27.7 Å². The molecule has 24 nitrogen and oxygen atoms in total. The molecule has 0 aliphatic carbocycles. The van der Waals surface area contributed by atoms with Crippen LogP contribution in [0.5, 0.6) is 0 Å². The molecular weight excluding hydrogens is 1050 g/mol. The summed E-state index contributed by atoms with van der Waals surface area (Å²) in [6.45, 7) is 3.09. The van der Waals surface area contributed by atoms with Gasteiger partial charge in [-0.25, -0.2) is 39.5 Å². The summed E-state index contributed by atoms with van der Waals surface area (Å²) in [5, 5.41) is 6.89. The molecule has 14 N–H and O–H groups in total. The summed E-state index contributed by atoms with van der Waals surface area (Å²) >= 11 is 46.2. The van der Waals surface area contributed by atoms with Crippen molar-refractivity contribution in [3.8, 4) is 0 Å². The molecule has 4 aromatic heterocycles. The molecule has 35 heteroatoms. The maximum absolute atomic E-state index is 10.9. The lowest BCUT2D eigenvalue weighted by atomic mass is 10.3. The zero-order valence-corrected chi connectivity index (χ0v) is 38.3. The number of nitrogens with two attached hydrogens (primary N) is 5. The summed E-state index contributed by atoms with van der Waals surface area (Å²) in [5.74, 6) is -3.58. The van der Waals surface area contributed by atoms with E-state index in [1.54, 1.807) is 13.8 Å². The number of anilines is 1. The molecule has 0 aromatic carbocycles. The molecule has 342 valence electrons. The summed E-state index contributed by atoms with van der Waals surface area (Å²) < 4.78 is 25.0. The van der Waals surface area contributed by atoms with E-state index in [0.717, 1.165) is 6.07 Å². The Labute approximate surface area is 392 Å². The van der Waals surface area contributed by atoms with Gasteiger partial charge < -0.3 is 44.1 Å². The molecule has 2 atom stereocenters. The monoisotopic (exact) mass is 1070 g/mol. The lowest BCUT2D eigenvalue weighted by molar-refractivity contribution is -0.119. The summed E-state index contributed by atoms with van der Waals surface area (Å²) in [6.07, 6.45) is 0. The number of hydrogen-bond donors (Lipinski definition) is 9. The normalized spacial score (nSPS) is 10.8. The van der Waals surface area contributed by atoms with Gasteiger partial charge in [0, 0.05) is 24.3 Å². The van der Waals surface area contributed by atoms with Gasteiger partial charge in [0.15, 0.2) is 0 Å². The van der Waals surface area contributed by atoms with Crippen LogP contribution in [-0.4, -0.2) is 99.1 Å². The van der Waals surface area contributed by atoms with Crippen molar-refractivity contribution in [3.63, 3.8) is 0 Å². The Morgan fingerprint density at radius 1 is 0.742 bits per heavy atom. The number of alkyl halides is 1. The highest BCUT2D eigenvalue weighted by atomic mass is 36.0. The molecule has 0 aliphatic heterocycles. The fourth-order valence-electron chi connectivity index (χ4n) is 2.50. The Kier molecular flexibility index (Phi) is 30.1. The second-order valence-corrected chi connectivity index (χ2v) is 18.5. The Morgan fingerprint density at radius 3 is 1.44 bits per heavy atom. The van der Waals surface area contributed by atoms with Crippen LogP contribution in [0.4, 0.5) is 10.2 Å². The molecule has 1 unspecified atom stereocenters. The number of aromatic nitrogens is 8. The van der Waals surface area contributed by atoms with Crippen LogP contribution >= 0.6 is 109 Å². The van der Waals surface area contributed by atoms with Gasteiger partial charge in [0.25, 0.3) is 22.6 Å². The Hall–Kier alpha value is -4.53. The van der Waals surface area contributed by atoms with Crippen molar-refractivity contribution in [3.05, 3.63) is 94.0 Å². The van der Waals surface area contributed by atoms with E-state index in [4.69, 9.17) is 99.0 Å². The second kappa shape index (κ2) is 31.3. The van der Waals surface area contributed by atoms with Crippen LogP contribution < -0.4 is 45.2 Å². The molecule has 0 radical (unpaired) electrons. The molecule has 4 aromatic rings. The number of halogens is 10. The number of carbonyl (C=O) groups excluding carboxylic acids is 5. The van der Waals surface area contributed by atoms with Crippen molar-refractivity contribution in [1.29, 1.82) is 0 Å². The van der Waals surface area contributed by atoms with Gasteiger partial charge in [-0.2, -0.15) is 0 Å². The number of aromatic carboxylic acids is 1. The summed E-state index contributed by atoms with van der Waals surface area (Å²) in [5.41, 5.74) is 22.6. The van der Waals surface area contributed by atoms with Crippen molar-refractivity contribution in [1.82, 2.24) is 39.9 Å². The Balaban J connectivity index is -0.000000699. The molecule has 0 saturated heterocycles. The first kappa shape index (κ1) is 59.6. The number of amides is 4. The van der Waals surface area contributed by atoms with Crippen LogP contribution in [-0.2, 0) is 14.2 Å². The fraction of sp³-hybridized carbons (Fsp3) is 0.185. The third kappa shape index (κ3) is 32.2. The molecule has 62 heavy (non-hydrogen) atoms. The highest BCUT2D eigenvalue weighted by molar-refractivity contribution is 8.24. The second-order valence-electron chi connectivity index (χ2n) is 9.76. The topological polar surface area (TPSA) is 425 Å². The molecule has 0 fully saturated rings. The maximum Gasteiger partial charge on any atom is 0.352 e. The van der Waals surface area contributed by atoms with Crippen LogP contribution in [0.3, 0.4) is 0 Å². The first-order valence-electron chi connectivity index (χ1n) is 15.4. The quantitative estimate of drug-likeness (QED) is 0.0527. The van der Waals surface area contributed by atoms with Gasteiger partial charge in [0.1, 0.15) is 44.9 Å². The van der Waals surface area contributed by atoms with Crippen molar-refractivity contribution in [2.24, 2.45) is 28.7 Å². The van der Waals surface area contributed by atoms with Crippen LogP contribution in [0, 0.1) is 0 Å². The average Bonchev–Trinajstić information content (AvgIpc) is 3.11. The zero-order chi connectivity index (χ0) is 49.9. The molecular formula is C27H29Cl9FN14O10P. The number of H-pyrrole nitrogens is 2. The number of nitrogens with zero attached hydrogens (tertiary/aromatic N) is 6. The minimum Gasteiger partial charge on any atom is -0.477 e. The van der Waals surface area contributed by atoms with Gasteiger partial charge >= 0.3 is 16.9 Å². The van der Waals surface area contributed by atoms with E-state index in [9.17, 15) is 47.3 Å².